The summed E-state index contributed by atoms with van der Waals surface area (Å²) in [7, 11) is -1.90. The van der Waals surface area contributed by atoms with Gasteiger partial charge in [-0.15, -0.1) is 0 Å². The summed E-state index contributed by atoms with van der Waals surface area (Å²) in [5, 5.41) is 0. The largest absolute Gasteiger partial charge is 0.514 e. The van der Waals surface area contributed by atoms with Crippen LogP contribution in [0.3, 0.4) is 0 Å². The molecule has 0 fully saturated rings. The monoisotopic (exact) mass is 188 g/mol. The summed E-state index contributed by atoms with van der Waals surface area (Å²) in [6.45, 7) is 9.00. The van der Waals surface area contributed by atoms with Gasteiger partial charge in [0.2, 0.25) is 14.1 Å². The Kier molecular flexibility index (Phi) is 3.64. The second-order valence-electron chi connectivity index (χ2n) is 4.02. The number of Topliss-reactive ketones (excluding diaryl/α,β-unsaturated/α-hetero) is 1. The molecule has 0 unspecified atom stereocenters. The van der Waals surface area contributed by atoms with Crippen LogP contribution in [-0.2, 0) is 14.0 Å². The number of carbonyl (C=O) groups is 2. The molecule has 0 radical (unpaired) electrons. The molecule has 4 heteroatoms. The molecule has 0 saturated heterocycles. The Balaban J connectivity index is 4.15. The Labute approximate surface area is 74.2 Å². The third-order valence-corrected chi connectivity index (χ3v) is 1.92. The standard InChI is InChI=1S/C8H16O3Si/c1-6(2)7(9)8(10)11-12(3,4)5/h6H,1-5H3. The summed E-state index contributed by atoms with van der Waals surface area (Å²) in [6, 6.07) is 0. The van der Waals surface area contributed by atoms with Crippen molar-refractivity contribution in [1.82, 2.24) is 0 Å². The highest BCUT2D eigenvalue weighted by Crippen LogP contribution is 2.05. The van der Waals surface area contributed by atoms with Gasteiger partial charge in [0.1, 0.15) is 0 Å². The number of hydrogen-bond acceptors (Lipinski definition) is 3. The lowest BCUT2D eigenvalue weighted by Gasteiger charge is -2.17. The van der Waals surface area contributed by atoms with Crippen molar-refractivity contribution in [2.75, 3.05) is 0 Å². The Morgan fingerprint density at radius 2 is 1.58 bits per heavy atom. The second-order valence-corrected chi connectivity index (χ2v) is 8.45. The van der Waals surface area contributed by atoms with Crippen molar-refractivity contribution < 1.29 is 14.0 Å². The van der Waals surface area contributed by atoms with E-state index in [-0.39, 0.29) is 5.92 Å². The Hall–Kier alpha value is -0.643. The van der Waals surface area contributed by atoms with E-state index in [0.717, 1.165) is 0 Å². The third kappa shape index (κ3) is 4.28. The van der Waals surface area contributed by atoms with Crippen LogP contribution in [0.2, 0.25) is 19.6 Å². The summed E-state index contributed by atoms with van der Waals surface area (Å²) in [5.41, 5.74) is 0. The number of ketones is 1. The highest BCUT2D eigenvalue weighted by atomic mass is 28.4. The minimum atomic E-state index is -1.90. The Morgan fingerprint density at radius 1 is 1.17 bits per heavy atom. The van der Waals surface area contributed by atoms with Crippen molar-refractivity contribution in [3.8, 4) is 0 Å². The number of rotatable bonds is 3. The molecule has 0 spiro atoms. The van der Waals surface area contributed by atoms with E-state index in [1.807, 2.05) is 19.6 Å². The van der Waals surface area contributed by atoms with Gasteiger partial charge in [0.15, 0.2) is 0 Å². The van der Waals surface area contributed by atoms with Crippen molar-refractivity contribution in [3.05, 3.63) is 0 Å². The van der Waals surface area contributed by atoms with Gasteiger partial charge in [-0.1, -0.05) is 13.8 Å². The van der Waals surface area contributed by atoms with Crippen LogP contribution in [0, 0.1) is 5.92 Å². The van der Waals surface area contributed by atoms with E-state index in [4.69, 9.17) is 4.43 Å². The first-order valence-corrected chi connectivity index (χ1v) is 7.42. The fourth-order valence-corrected chi connectivity index (χ4v) is 1.22. The van der Waals surface area contributed by atoms with Crippen LogP contribution < -0.4 is 0 Å². The molecule has 0 aliphatic rings. The van der Waals surface area contributed by atoms with Crippen LogP contribution >= 0.6 is 0 Å². The smallest absolute Gasteiger partial charge is 0.361 e. The third-order valence-electron chi connectivity index (χ3n) is 1.12. The van der Waals surface area contributed by atoms with Crippen molar-refractivity contribution in [1.29, 1.82) is 0 Å². The van der Waals surface area contributed by atoms with Crippen molar-refractivity contribution in [2.45, 2.75) is 33.5 Å². The number of carbonyl (C=O) groups excluding carboxylic acids is 2. The summed E-state index contributed by atoms with van der Waals surface area (Å²) < 4.78 is 5.01. The summed E-state index contributed by atoms with van der Waals surface area (Å²) in [6.07, 6.45) is 0. The first-order chi connectivity index (χ1) is 5.24. The van der Waals surface area contributed by atoms with Gasteiger partial charge in [-0.3, -0.25) is 4.79 Å². The van der Waals surface area contributed by atoms with Gasteiger partial charge < -0.3 is 4.43 Å². The van der Waals surface area contributed by atoms with Crippen LogP contribution in [-0.4, -0.2) is 20.1 Å². The molecule has 0 rings (SSSR count). The SMILES string of the molecule is CC(C)C(=O)C(=O)O[Si](C)(C)C. The summed E-state index contributed by atoms with van der Waals surface area (Å²) in [4.78, 5) is 22.1. The molecule has 0 N–H and O–H groups in total. The van der Waals surface area contributed by atoms with E-state index in [2.05, 4.69) is 0 Å². The lowest BCUT2D eigenvalue weighted by Crippen LogP contribution is -2.34. The highest BCUT2D eigenvalue weighted by Gasteiger charge is 2.26. The molecule has 70 valence electrons. The van der Waals surface area contributed by atoms with E-state index < -0.39 is 20.1 Å². The van der Waals surface area contributed by atoms with Gasteiger partial charge in [0.05, 0.1) is 0 Å². The molecule has 0 aromatic heterocycles. The van der Waals surface area contributed by atoms with E-state index in [1.165, 1.54) is 0 Å². The maximum atomic E-state index is 11.1. The first kappa shape index (κ1) is 11.4. The van der Waals surface area contributed by atoms with Crippen LogP contribution in [0.15, 0.2) is 0 Å². The lowest BCUT2D eigenvalue weighted by molar-refractivity contribution is -0.149. The van der Waals surface area contributed by atoms with Gasteiger partial charge >= 0.3 is 5.97 Å². The minimum absolute atomic E-state index is 0.270. The highest BCUT2D eigenvalue weighted by molar-refractivity contribution is 6.72. The van der Waals surface area contributed by atoms with Crippen molar-refractivity contribution in [2.24, 2.45) is 5.92 Å². The second kappa shape index (κ2) is 3.84. The molecule has 0 heterocycles. The van der Waals surface area contributed by atoms with Gasteiger partial charge in [0, 0.05) is 5.92 Å². The van der Waals surface area contributed by atoms with E-state index in [0.29, 0.717) is 0 Å². The van der Waals surface area contributed by atoms with E-state index >= 15 is 0 Å². The first-order valence-electron chi connectivity index (χ1n) is 4.01. The van der Waals surface area contributed by atoms with E-state index in [9.17, 15) is 9.59 Å². The lowest BCUT2D eigenvalue weighted by atomic mass is 10.1. The predicted molar refractivity (Wildman–Crippen MR) is 49.3 cm³/mol. The summed E-state index contributed by atoms with van der Waals surface area (Å²) in [5.74, 6) is -1.38. The van der Waals surface area contributed by atoms with Gasteiger partial charge in [0.25, 0.3) is 0 Å². The molecular weight excluding hydrogens is 172 g/mol. The molecule has 0 bridgehead atoms. The molecule has 0 atom stereocenters. The maximum absolute atomic E-state index is 11.1. The fraction of sp³-hybridized carbons (Fsp3) is 0.750. The molecule has 0 aliphatic carbocycles. The molecule has 0 aromatic rings. The van der Waals surface area contributed by atoms with Crippen molar-refractivity contribution >= 4 is 20.1 Å². The zero-order valence-corrected chi connectivity index (χ0v) is 9.30. The zero-order chi connectivity index (χ0) is 9.94. The average molecular weight is 188 g/mol. The average Bonchev–Trinajstić information content (AvgIpc) is 1.82. The van der Waals surface area contributed by atoms with Gasteiger partial charge in [-0.25, -0.2) is 4.79 Å². The van der Waals surface area contributed by atoms with Gasteiger partial charge in [-0.05, 0) is 19.6 Å². The number of hydrogen-bond donors (Lipinski definition) is 0. The Bertz CT molecular complexity index is 191. The molecule has 0 aromatic carbocycles. The molecule has 0 saturated carbocycles. The predicted octanol–water partition coefficient (Wildman–Crippen LogP) is 1.59. The van der Waals surface area contributed by atoms with Crippen molar-refractivity contribution in [3.63, 3.8) is 0 Å². The van der Waals surface area contributed by atoms with E-state index in [1.54, 1.807) is 13.8 Å². The van der Waals surface area contributed by atoms with Gasteiger partial charge in [-0.2, -0.15) is 0 Å². The normalized spacial score (nSPS) is 11.5. The van der Waals surface area contributed by atoms with Crippen LogP contribution in [0.25, 0.3) is 0 Å². The fourth-order valence-electron chi connectivity index (χ4n) is 0.564. The molecular formula is C8H16O3Si. The molecule has 3 nitrogen and oxygen atoms in total. The Morgan fingerprint density at radius 3 is 1.83 bits per heavy atom. The molecule has 0 amide bonds. The minimum Gasteiger partial charge on any atom is -0.514 e. The van der Waals surface area contributed by atoms with Crippen LogP contribution in [0.5, 0.6) is 0 Å². The zero-order valence-electron chi connectivity index (χ0n) is 8.30. The van der Waals surface area contributed by atoms with Crippen LogP contribution in [0.1, 0.15) is 13.8 Å². The maximum Gasteiger partial charge on any atom is 0.361 e. The quantitative estimate of drug-likeness (QED) is 0.499. The molecule has 0 aliphatic heterocycles. The summed E-state index contributed by atoms with van der Waals surface area (Å²) >= 11 is 0. The van der Waals surface area contributed by atoms with Crippen LogP contribution in [0.4, 0.5) is 0 Å². The molecule has 12 heavy (non-hydrogen) atoms. The topological polar surface area (TPSA) is 43.4 Å².